The van der Waals surface area contributed by atoms with Crippen molar-refractivity contribution in [2.75, 3.05) is 5.75 Å². The Hall–Kier alpha value is -2.34. The van der Waals surface area contributed by atoms with Crippen LogP contribution in [0.15, 0.2) is 53.4 Å². The fraction of sp³-hybridized carbons (Fsp3) is 0.417. The number of amides is 2. The van der Waals surface area contributed by atoms with E-state index >= 15 is 0 Å². The summed E-state index contributed by atoms with van der Waals surface area (Å²) in [7, 11) is 0. The summed E-state index contributed by atoms with van der Waals surface area (Å²) < 4.78 is 13.3. The van der Waals surface area contributed by atoms with E-state index in [1.54, 1.807) is 35.7 Å². The van der Waals surface area contributed by atoms with Crippen LogP contribution in [0.5, 0.6) is 0 Å². The Balaban J connectivity index is 2.06. The molecule has 4 nitrogen and oxygen atoms in total. The van der Waals surface area contributed by atoms with Gasteiger partial charge in [0.15, 0.2) is 0 Å². The van der Waals surface area contributed by atoms with Crippen LogP contribution < -0.4 is 5.32 Å². The number of carbonyl (C=O) groups excluding carboxylic acids is 2. The zero-order valence-electron chi connectivity index (χ0n) is 18.2. The van der Waals surface area contributed by atoms with Gasteiger partial charge in [0, 0.05) is 29.7 Å². The molecule has 0 aliphatic heterocycles. The lowest BCUT2D eigenvalue weighted by atomic mass is 10.1. The molecule has 0 radical (unpaired) electrons. The van der Waals surface area contributed by atoms with E-state index in [0.29, 0.717) is 12.2 Å². The quantitative estimate of drug-likeness (QED) is 0.543. The standard InChI is InChI=1S/C24H31FN2O2S/c1-5-18(3)26-24(29)19(4)27(16-20-8-10-21(25)11-9-20)23(28)14-15-30-22-12-6-17(2)7-13-22/h6-13,18-19H,5,14-16H2,1-4H3,(H,26,29). The maximum atomic E-state index is 13.3. The Labute approximate surface area is 183 Å². The van der Waals surface area contributed by atoms with Crippen LogP contribution in [0.1, 0.15) is 44.7 Å². The average Bonchev–Trinajstić information content (AvgIpc) is 2.74. The molecule has 6 heteroatoms. The van der Waals surface area contributed by atoms with Gasteiger partial charge in [0.05, 0.1) is 0 Å². The highest BCUT2D eigenvalue weighted by atomic mass is 32.2. The third-order valence-corrected chi connectivity index (χ3v) is 6.05. The van der Waals surface area contributed by atoms with E-state index in [-0.39, 0.29) is 30.2 Å². The molecule has 0 aliphatic rings. The summed E-state index contributed by atoms with van der Waals surface area (Å²) in [6.45, 7) is 7.99. The van der Waals surface area contributed by atoms with E-state index in [2.05, 4.69) is 5.32 Å². The second kappa shape index (κ2) is 11.7. The van der Waals surface area contributed by atoms with Crippen LogP contribution >= 0.6 is 11.8 Å². The van der Waals surface area contributed by atoms with Gasteiger partial charge in [-0.15, -0.1) is 11.8 Å². The van der Waals surface area contributed by atoms with E-state index in [1.807, 2.05) is 45.0 Å². The first-order valence-corrected chi connectivity index (χ1v) is 11.3. The number of benzene rings is 2. The highest BCUT2D eigenvalue weighted by Gasteiger charge is 2.26. The van der Waals surface area contributed by atoms with Crippen molar-refractivity contribution in [1.82, 2.24) is 10.2 Å². The van der Waals surface area contributed by atoms with Crippen LogP contribution in [-0.2, 0) is 16.1 Å². The summed E-state index contributed by atoms with van der Waals surface area (Å²) in [5.74, 6) is 0.0343. The van der Waals surface area contributed by atoms with Crippen LogP contribution in [0.25, 0.3) is 0 Å². The summed E-state index contributed by atoms with van der Waals surface area (Å²) in [6, 6.07) is 13.7. The second-order valence-corrected chi connectivity index (χ2v) is 8.72. The van der Waals surface area contributed by atoms with Crippen molar-refractivity contribution >= 4 is 23.6 Å². The van der Waals surface area contributed by atoms with Crippen LogP contribution in [0, 0.1) is 12.7 Å². The normalized spacial score (nSPS) is 12.8. The van der Waals surface area contributed by atoms with E-state index in [0.717, 1.165) is 16.9 Å². The van der Waals surface area contributed by atoms with Gasteiger partial charge < -0.3 is 10.2 Å². The number of hydrogen-bond donors (Lipinski definition) is 1. The topological polar surface area (TPSA) is 49.4 Å². The van der Waals surface area contributed by atoms with E-state index in [4.69, 9.17) is 0 Å². The molecule has 2 aromatic rings. The van der Waals surface area contributed by atoms with E-state index in [1.165, 1.54) is 17.7 Å². The molecular formula is C24H31FN2O2S. The van der Waals surface area contributed by atoms with Gasteiger partial charge in [0.25, 0.3) is 0 Å². The van der Waals surface area contributed by atoms with Crippen molar-refractivity contribution in [3.05, 3.63) is 65.5 Å². The smallest absolute Gasteiger partial charge is 0.242 e. The van der Waals surface area contributed by atoms with Crippen molar-refractivity contribution < 1.29 is 14.0 Å². The summed E-state index contributed by atoms with van der Waals surface area (Å²) in [6.07, 6.45) is 1.14. The maximum Gasteiger partial charge on any atom is 0.242 e. The minimum absolute atomic E-state index is 0.0415. The summed E-state index contributed by atoms with van der Waals surface area (Å²) >= 11 is 1.62. The van der Waals surface area contributed by atoms with Gasteiger partial charge in [-0.1, -0.05) is 36.8 Å². The number of thioether (sulfide) groups is 1. The third kappa shape index (κ3) is 7.48. The second-order valence-electron chi connectivity index (χ2n) is 7.55. The van der Waals surface area contributed by atoms with Gasteiger partial charge in [-0.25, -0.2) is 4.39 Å². The number of nitrogens with one attached hydrogen (secondary N) is 1. The minimum Gasteiger partial charge on any atom is -0.352 e. The molecule has 2 unspecified atom stereocenters. The molecule has 0 saturated carbocycles. The minimum atomic E-state index is -0.610. The summed E-state index contributed by atoms with van der Waals surface area (Å²) in [4.78, 5) is 28.4. The molecule has 2 amide bonds. The van der Waals surface area contributed by atoms with Crippen molar-refractivity contribution in [3.8, 4) is 0 Å². The van der Waals surface area contributed by atoms with E-state index < -0.39 is 6.04 Å². The predicted octanol–water partition coefficient (Wildman–Crippen LogP) is 4.95. The largest absolute Gasteiger partial charge is 0.352 e. The Morgan fingerprint density at radius 2 is 1.70 bits per heavy atom. The predicted molar refractivity (Wildman–Crippen MR) is 121 cm³/mol. The van der Waals surface area contributed by atoms with Gasteiger partial charge in [0.1, 0.15) is 11.9 Å². The highest BCUT2D eigenvalue weighted by molar-refractivity contribution is 7.99. The van der Waals surface area contributed by atoms with Crippen LogP contribution in [0.4, 0.5) is 4.39 Å². The first-order chi connectivity index (χ1) is 14.3. The number of nitrogens with zero attached hydrogens (tertiary/aromatic N) is 1. The average molecular weight is 431 g/mol. The zero-order valence-corrected chi connectivity index (χ0v) is 19.0. The van der Waals surface area contributed by atoms with Crippen molar-refractivity contribution in [1.29, 1.82) is 0 Å². The first kappa shape index (κ1) is 23.9. The Kier molecular flexibility index (Phi) is 9.37. The molecule has 0 aliphatic carbocycles. The summed E-state index contributed by atoms with van der Waals surface area (Å²) in [5, 5.41) is 2.95. The molecule has 162 valence electrons. The first-order valence-electron chi connectivity index (χ1n) is 10.3. The molecule has 0 fully saturated rings. The number of aryl methyl sites for hydroxylation is 1. The lowest BCUT2D eigenvalue weighted by molar-refractivity contribution is -0.140. The molecule has 1 N–H and O–H groups in total. The van der Waals surface area contributed by atoms with Crippen LogP contribution in [-0.4, -0.2) is 34.6 Å². The van der Waals surface area contributed by atoms with Gasteiger partial charge in [0.2, 0.25) is 11.8 Å². The Bertz CT molecular complexity index is 824. The molecule has 30 heavy (non-hydrogen) atoms. The monoisotopic (exact) mass is 430 g/mol. The van der Waals surface area contributed by atoms with Gasteiger partial charge in [-0.2, -0.15) is 0 Å². The molecule has 2 rings (SSSR count). The number of rotatable bonds is 10. The fourth-order valence-corrected chi connectivity index (χ4v) is 3.71. The Morgan fingerprint density at radius 1 is 1.07 bits per heavy atom. The maximum absolute atomic E-state index is 13.3. The molecule has 0 saturated heterocycles. The number of halogens is 1. The lowest BCUT2D eigenvalue weighted by Gasteiger charge is -2.29. The zero-order chi connectivity index (χ0) is 22.1. The lowest BCUT2D eigenvalue weighted by Crippen LogP contribution is -2.49. The molecule has 2 aromatic carbocycles. The number of hydrogen-bond acceptors (Lipinski definition) is 3. The van der Waals surface area contributed by atoms with Crippen LogP contribution in [0.3, 0.4) is 0 Å². The van der Waals surface area contributed by atoms with Gasteiger partial charge in [-0.3, -0.25) is 9.59 Å². The fourth-order valence-electron chi connectivity index (χ4n) is 2.87. The van der Waals surface area contributed by atoms with E-state index in [9.17, 15) is 14.0 Å². The van der Waals surface area contributed by atoms with Crippen molar-refractivity contribution in [2.45, 2.75) is 64.1 Å². The van der Waals surface area contributed by atoms with Gasteiger partial charge in [-0.05, 0) is 57.0 Å². The molecule has 0 aromatic heterocycles. The summed E-state index contributed by atoms with van der Waals surface area (Å²) in [5.41, 5.74) is 1.99. The van der Waals surface area contributed by atoms with Crippen molar-refractivity contribution in [2.24, 2.45) is 0 Å². The molecule has 0 heterocycles. The highest BCUT2D eigenvalue weighted by Crippen LogP contribution is 2.20. The van der Waals surface area contributed by atoms with Crippen LogP contribution in [0.2, 0.25) is 0 Å². The third-order valence-electron chi connectivity index (χ3n) is 5.04. The molecular weight excluding hydrogens is 399 g/mol. The SMILES string of the molecule is CCC(C)NC(=O)C(C)N(Cc1ccc(F)cc1)C(=O)CCSc1ccc(C)cc1. The molecule has 2 atom stereocenters. The van der Waals surface area contributed by atoms with Gasteiger partial charge >= 0.3 is 0 Å². The number of carbonyl (C=O) groups is 2. The molecule has 0 spiro atoms. The Morgan fingerprint density at radius 3 is 2.30 bits per heavy atom. The molecule has 0 bridgehead atoms. The van der Waals surface area contributed by atoms with Crippen molar-refractivity contribution in [3.63, 3.8) is 0 Å².